The van der Waals surface area contributed by atoms with Crippen LogP contribution in [0.25, 0.3) is 23.0 Å². The van der Waals surface area contributed by atoms with E-state index in [-0.39, 0.29) is 5.65 Å². The lowest BCUT2D eigenvalue weighted by molar-refractivity contribution is -0.117. The van der Waals surface area contributed by atoms with E-state index in [9.17, 15) is 9.18 Å². The number of nitrogens with zero attached hydrogens (tertiary/aromatic N) is 6. The second kappa shape index (κ2) is 8.58. The van der Waals surface area contributed by atoms with Crippen molar-refractivity contribution in [3.05, 3.63) is 65.4 Å². The Kier molecular flexibility index (Phi) is 5.67. The lowest BCUT2D eigenvalue weighted by Gasteiger charge is -2.20. The first kappa shape index (κ1) is 21.2. The zero-order valence-corrected chi connectivity index (χ0v) is 18.0. The number of carbonyl (C=O) groups excluding carboxylic acids is 1. The molecule has 0 saturated heterocycles. The third-order valence-corrected chi connectivity index (χ3v) is 5.08. The zero-order chi connectivity index (χ0) is 22.8. The van der Waals surface area contributed by atoms with Crippen molar-refractivity contribution in [2.75, 3.05) is 7.11 Å². The van der Waals surface area contributed by atoms with Crippen molar-refractivity contribution in [2.45, 2.75) is 26.8 Å². The van der Waals surface area contributed by atoms with Gasteiger partial charge in [-0.1, -0.05) is 5.16 Å². The maximum atomic E-state index is 14.7. The molecule has 0 spiro atoms. The van der Waals surface area contributed by atoms with Crippen molar-refractivity contribution in [1.29, 1.82) is 0 Å². The lowest BCUT2D eigenvalue weighted by Crippen LogP contribution is -2.21. The molecule has 4 aromatic heterocycles. The Balaban J connectivity index is 1.68. The molecule has 4 heterocycles. The fourth-order valence-electron chi connectivity index (χ4n) is 3.28. The number of hydrogen-bond donors (Lipinski definition) is 0. The first-order valence-electron chi connectivity index (χ1n) is 9.80. The molecule has 10 heteroatoms. The SMILES string of the molecule is COc1cnc(/C=C\N(C=O)[C@H](C)c2nnc3c(F)cc(-c4cc(C)no4)cn23)c(C)c1. The molecule has 4 aromatic rings. The van der Waals surface area contributed by atoms with Crippen LogP contribution in [0.1, 0.15) is 35.7 Å². The number of ether oxygens (including phenoxy) is 1. The van der Waals surface area contributed by atoms with E-state index in [0.717, 1.165) is 5.56 Å². The quantitative estimate of drug-likeness (QED) is 0.407. The van der Waals surface area contributed by atoms with E-state index in [1.807, 2.05) is 13.0 Å². The fraction of sp³-hybridized carbons (Fsp3) is 0.227. The van der Waals surface area contributed by atoms with E-state index in [1.54, 1.807) is 51.7 Å². The summed E-state index contributed by atoms with van der Waals surface area (Å²) < 4.78 is 26.6. The molecule has 0 N–H and O–H groups in total. The molecule has 164 valence electrons. The van der Waals surface area contributed by atoms with Crippen LogP contribution in [0, 0.1) is 19.7 Å². The number of amides is 1. The summed E-state index contributed by atoms with van der Waals surface area (Å²) in [6.45, 7) is 5.44. The molecule has 9 nitrogen and oxygen atoms in total. The van der Waals surface area contributed by atoms with Gasteiger partial charge in [-0.15, -0.1) is 10.2 Å². The van der Waals surface area contributed by atoms with Crippen LogP contribution >= 0.6 is 0 Å². The Morgan fingerprint density at radius 3 is 2.72 bits per heavy atom. The molecular formula is C22H21FN6O3. The number of hydrogen-bond acceptors (Lipinski definition) is 7. The Morgan fingerprint density at radius 1 is 1.25 bits per heavy atom. The van der Waals surface area contributed by atoms with Gasteiger partial charge < -0.3 is 14.2 Å². The Labute approximate surface area is 183 Å². The van der Waals surface area contributed by atoms with Crippen LogP contribution in [0.4, 0.5) is 4.39 Å². The summed E-state index contributed by atoms with van der Waals surface area (Å²) in [7, 11) is 1.57. The van der Waals surface area contributed by atoms with Crippen molar-refractivity contribution < 1.29 is 18.4 Å². The second-order valence-corrected chi connectivity index (χ2v) is 7.28. The molecule has 0 unspecified atom stereocenters. The third-order valence-electron chi connectivity index (χ3n) is 5.08. The molecule has 32 heavy (non-hydrogen) atoms. The van der Waals surface area contributed by atoms with Gasteiger partial charge in [-0.25, -0.2) is 4.39 Å². The molecule has 0 aliphatic heterocycles. The number of rotatable bonds is 7. The summed E-state index contributed by atoms with van der Waals surface area (Å²) in [5, 5.41) is 11.9. The summed E-state index contributed by atoms with van der Waals surface area (Å²) >= 11 is 0. The van der Waals surface area contributed by atoms with E-state index < -0.39 is 11.9 Å². The number of methoxy groups -OCH3 is 1. The number of carbonyl (C=O) groups is 1. The minimum absolute atomic E-state index is 0.0503. The topological polar surface area (TPSA) is 98.7 Å². The van der Waals surface area contributed by atoms with Gasteiger partial charge >= 0.3 is 0 Å². The molecule has 1 amide bonds. The summed E-state index contributed by atoms with van der Waals surface area (Å²) in [6.07, 6.45) is 7.24. The van der Waals surface area contributed by atoms with Gasteiger partial charge in [-0.3, -0.25) is 14.2 Å². The van der Waals surface area contributed by atoms with Gasteiger partial charge in [0.05, 0.1) is 30.7 Å². The van der Waals surface area contributed by atoms with E-state index in [1.165, 1.54) is 15.4 Å². The number of aromatic nitrogens is 5. The van der Waals surface area contributed by atoms with Crippen LogP contribution in [-0.4, -0.2) is 43.2 Å². The van der Waals surface area contributed by atoms with Gasteiger partial charge in [0, 0.05) is 24.0 Å². The highest BCUT2D eigenvalue weighted by atomic mass is 19.1. The second-order valence-electron chi connectivity index (χ2n) is 7.28. The fourth-order valence-corrected chi connectivity index (χ4v) is 3.28. The minimum Gasteiger partial charge on any atom is -0.495 e. The van der Waals surface area contributed by atoms with Crippen molar-refractivity contribution in [2.24, 2.45) is 0 Å². The first-order valence-corrected chi connectivity index (χ1v) is 9.80. The monoisotopic (exact) mass is 436 g/mol. The predicted molar refractivity (Wildman–Crippen MR) is 114 cm³/mol. The standard InChI is InChI=1S/C22H21FN6O3/c1-13-7-17(31-4)10-24-19(13)5-6-28(12-30)15(3)21-25-26-22-18(23)9-16(11-29(21)22)20-8-14(2)27-32-20/h5-12,15H,1-4H3/b6-5-/t15-/m1/s1. The van der Waals surface area contributed by atoms with Crippen LogP contribution in [0.15, 0.2) is 41.3 Å². The smallest absolute Gasteiger partial charge is 0.214 e. The molecule has 0 aliphatic carbocycles. The van der Waals surface area contributed by atoms with Crippen molar-refractivity contribution >= 4 is 18.1 Å². The molecule has 4 rings (SSSR count). The Hall–Kier alpha value is -4.08. The summed E-state index contributed by atoms with van der Waals surface area (Å²) in [5.74, 6) is 0.890. The molecule has 0 saturated carbocycles. The Morgan fingerprint density at radius 2 is 2.06 bits per heavy atom. The van der Waals surface area contributed by atoms with Gasteiger partial charge in [0.1, 0.15) is 5.75 Å². The van der Waals surface area contributed by atoms with Gasteiger partial charge in [0.2, 0.25) is 6.41 Å². The maximum Gasteiger partial charge on any atom is 0.214 e. The molecule has 0 fully saturated rings. The largest absolute Gasteiger partial charge is 0.495 e. The molecular weight excluding hydrogens is 415 g/mol. The van der Waals surface area contributed by atoms with E-state index >= 15 is 0 Å². The highest BCUT2D eigenvalue weighted by Gasteiger charge is 2.21. The lowest BCUT2D eigenvalue weighted by atomic mass is 10.2. The van der Waals surface area contributed by atoms with Gasteiger partial charge in [0.15, 0.2) is 23.0 Å². The third kappa shape index (κ3) is 3.94. The van der Waals surface area contributed by atoms with Crippen LogP contribution in [0.5, 0.6) is 5.75 Å². The number of fused-ring (bicyclic) bond motifs is 1. The van der Waals surface area contributed by atoms with E-state index in [0.29, 0.717) is 40.7 Å². The predicted octanol–water partition coefficient (Wildman–Crippen LogP) is 3.73. The van der Waals surface area contributed by atoms with E-state index in [4.69, 9.17) is 9.26 Å². The number of pyridine rings is 2. The van der Waals surface area contributed by atoms with Crippen LogP contribution in [0.3, 0.4) is 0 Å². The molecule has 0 aromatic carbocycles. The molecule has 1 atom stereocenters. The van der Waals surface area contributed by atoms with Crippen molar-refractivity contribution in [3.8, 4) is 17.1 Å². The molecule has 0 aliphatic rings. The highest BCUT2D eigenvalue weighted by Crippen LogP contribution is 2.26. The number of halogens is 1. The van der Waals surface area contributed by atoms with Crippen LogP contribution in [-0.2, 0) is 4.79 Å². The summed E-state index contributed by atoms with van der Waals surface area (Å²) in [6, 6.07) is 4.33. The average Bonchev–Trinajstić information content (AvgIpc) is 3.41. The average molecular weight is 436 g/mol. The maximum absolute atomic E-state index is 14.7. The van der Waals surface area contributed by atoms with Gasteiger partial charge in [-0.2, -0.15) is 0 Å². The molecule has 0 radical (unpaired) electrons. The van der Waals surface area contributed by atoms with E-state index in [2.05, 4.69) is 20.3 Å². The van der Waals surface area contributed by atoms with Crippen molar-refractivity contribution in [1.82, 2.24) is 29.6 Å². The minimum atomic E-state index is -0.561. The summed E-state index contributed by atoms with van der Waals surface area (Å²) in [5.41, 5.74) is 2.79. The normalized spacial score (nSPS) is 12.4. The number of aryl methyl sites for hydroxylation is 2. The zero-order valence-electron chi connectivity index (χ0n) is 18.0. The summed E-state index contributed by atoms with van der Waals surface area (Å²) in [4.78, 5) is 17.6. The van der Waals surface area contributed by atoms with Gasteiger partial charge in [0.25, 0.3) is 0 Å². The Bertz CT molecular complexity index is 1310. The van der Waals surface area contributed by atoms with Gasteiger partial charge in [-0.05, 0) is 44.5 Å². The molecule has 0 bridgehead atoms. The van der Waals surface area contributed by atoms with Crippen LogP contribution in [0.2, 0.25) is 0 Å². The van der Waals surface area contributed by atoms with Crippen LogP contribution < -0.4 is 4.74 Å². The highest BCUT2D eigenvalue weighted by molar-refractivity contribution is 5.61. The first-order chi connectivity index (χ1) is 15.4. The van der Waals surface area contributed by atoms with Crippen molar-refractivity contribution in [3.63, 3.8) is 0 Å².